The third kappa shape index (κ3) is 5.79. The molecule has 0 atom stereocenters. The standard InChI is InChI=1S/C14H23N3O3S/c1-4-6-15-12(18)5-7-17-11(10(2)3)8-16-14(17)21-9-13(19)20/h8,10H,4-7,9H2,1-3H3,(H,15,18)(H,19,20). The fraction of sp³-hybridized carbons (Fsp3) is 0.643. The molecule has 1 aromatic rings. The summed E-state index contributed by atoms with van der Waals surface area (Å²) < 4.78 is 1.95. The van der Waals surface area contributed by atoms with Gasteiger partial charge in [0.25, 0.3) is 0 Å². The summed E-state index contributed by atoms with van der Waals surface area (Å²) in [5.74, 6) is -0.623. The van der Waals surface area contributed by atoms with Gasteiger partial charge in [0, 0.05) is 31.4 Å². The number of carbonyl (C=O) groups excluding carboxylic acids is 1. The molecular formula is C14H23N3O3S. The van der Waals surface area contributed by atoms with Crippen molar-refractivity contribution >= 4 is 23.6 Å². The van der Waals surface area contributed by atoms with Crippen LogP contribution in [0, 0.1) is 0 Å². The fourth-order valence-corrected chi connectivity index (χ4v) is 2.60. The second kappa shape index (κ2) is 8.71. The van der Waals surface area contributed by atoms with Crippen molar-refractivity contribution in [2.45, 2.75) is 51.2 Å². The maximum atomic E-state index is 11.7. The van der Waals surface area contributed by atoms with E-state index in [0.717, 1.165) is 12.1 Å². The highest BCUT2D eigenvalue weighted by Crippen LogP contribution is 2.23. The minimum Gasteiger partial charge on any atom is -0.481 e. The quantitative estimate of drug-likeness (QED) is 0.682. The number of aromatic nitrogens is 2. The van der Waals surface area contributed by atoms with Gasteiger partial charge in [-0.25, -0.2) is 4.98 Å². The van der Waals surface area contributed by atoms with E-state index in [-0.39, 0.29) is 17.6 Å². The summed E-state index contributed by atoms with van der Waals surface area (Å²) in [5, 5.41) is 12.3. The lowest BCUT2D eigenvalue weighted by Crippen LogP contribution is -2.25. The molecule has 0 saturated carbocycles. The van der Waals surface area contributed by atoms with Crippen LogP contribution in [0.15, 0.2) is 11.4 Å². The molecule has 0 bridgehead atoms. The van der Waals surface area contributed by atoms with Crippen molar-refractivity contribution < 1.29 is 14.7 Å². The first-order valence-corrected chi connectivity index (χ1v) is 8.11. The second-order valence-corrected chi connectivity index (χ2v) is 6.00. The molecule has 7 heteroatoms. The molecule has 2 N–H and O–H groups in total. The normalized spacial score (nSPS) is 10.9. The predicted octanol–water partition coefficient (Wildman–Crippen LogP) is 2.10. The zero-order chi connectivity index (χ0) is 15.8. The van der Waals surface area contributed by atoms with Crippen LogP contribution in [0.4, 0.5) is 0 Å². The van der Waals surface area contributed by atoms with E-state index in [1.54, 1.807) is 6.20 Å². The molecule has 0 unspecified atom stereocenters. The minimum atomic E-state index is -0.874. The van der Waals surface area contributed by atoms with Gasteiger partial charge in [-0.2, -0.15) is 0 Å². The molecule has 21 heavy (non-hydrogen) atoms. The Morgan fingerprint density at radius 3 is 2.76 bits per heavy atom. The number of hydrogen-bond acceptors (Lipinski definition) is 4. The topological polar surface area (TPSA) is 84.2 Å². The Morgan fingerprint density at radius 2 is 2.19 bits per heavy atom. The number of carbonyl (C=O) groups is 2. The van der Waals surface area contributed by atoms with Crippen LogP contribution in [0.1, 0.15) is 45.2 Å². The van der Waals surface area contributed by atoms with Crippen LogP contribution in [-0.2, 0) is 16.1 Å². The molecule has 1 amide bonds. The van der Waals surface area contributed by atoms with Gasteiger partial charge in [0.1, 0.15) is 0 Å². The Kier molecular flexibility index (Phi) is 7.28. The monoisotopic (exact) mass is 313 g/mol. The Bertz CT molecular complexity index is 486. The highest BCUT2D eigenvalue weighted by atomic mass is 32.2. The molecule has 118 valence electrons. The minimum absolute atomic E-state index is 0.00874. The summed E-state index contributed by atoms with van der Waals surface area (Å²) in [6, 6.07) is 0. The average molecular weight is 313 g/mol. The maximum Gasteiger partial charge on any atom is 0.313 e. The van der Waals surface area contributed by atoms with E-state index in [9.17, 15) is 9.59 Å². The van der Waals surface area contributed by atoms with Crippen molar-refractivity contribution in [2.75, 3.05) is 12.3 Å². The van der Waals surface area contributed by atoms with Gasteiger partial charge in [-0.1, -0.05) is 32.5 Å². The average Bonchev–Trinajstić information content (AvgIpc) is 2.83. The van der Waals surface area contributed by atoms with Gasteiger partial charge in [-0.15, -0.1) is 0 Å². The van der Waals surface area contributed by atoms with Crippen molar-refractivity contribution in [1.82, 2.24) is 14.9 Å². The number of thioether (sulfide) groups is 1. The van der Waals surface area contributed by atoms with Crippen molar-refractivity contribution in [1.29, 1.82) is 0 Å². The second-order valence-electron chi connectivity index (χ2n) is 5.05. The van der Waals surface area contributed by atoms with E-state index < -0.39 is 5.97 Å². The number of imidazole rings is 1. The van der Waals surface area contributed by atoms with Gasteiger partial charge in [0.2, 0.25) is 5.91 Å². The van der Waals surface area contributed by atoms with Crippen LogP contribution >= 0.6 is 11.8 Å². The Balaban J connectivity index is 2.73. The van der Waals surface area contributed by atoms with Gasteiger partial charge in [-0.05, 0) is 12.3 Å². The van der Waals surface area contributed by atoms with E-state index in [0.29, 0.717) is 24.7 Å². The summed E-state index contributed by atoms with van der Waals surface area (Å²) in [5.41, 5.74) is 1.02. The first-order chi connectivity index (χ1) is 9.95. The van der Waals surface area contributed by atoms with Crippen molar-refractivity contribution in [3.05, 3.63) is 11.9 Å². The molecule has 0 fully saturated rings. The van der Waals surface area contributed by atoms with E-state index in [1.807, 2.05) is 11.5 Å². The van der Waals surface area contributed by atoms with Crippen LogP contribution in [0.5, 0.6) is 0 Å². The SMILES string of the molecule is CCCNC(=O)CCn1c(C(C)C)cnc1SCC(=O)O. The fourth-order valence-electron chi connectivity index (χ4n) is 1.86. The molecular weight excluding hydrogens is 290 g/mol. The van der Waals surface area contributed by atoms with Crippen LogP contribution in [0.2, 0.25) is 0 Å². The summed E-state index contributed by atoms with van der Waals surface area (Å²) in [7, 11) is 0. The van der Waals surface area contributed by atoms with E-state index in [4.69, 9.17) is 5.11 Å². The van der Waals surface area contributed by atoms with E-state index >= 15 is 0 Å². The van der Waals surface area contributed by atoms with Gasteiger partial charge in [0.15, 0.2) is 5.16 Å². The van der Waals surface area contributed by atoms with Crippen molar-refractivity contribution in [2.24, 2.45) is 0 Å². The number of nitrogens with one attached hydrogen (secondary N) is 1. The molecule has 0 saturated heterocycles. The van der Waals surface area contributed by atoms with Crippen LogP contribution in [0.3, 0.4) is 0 Å². The van der Waals surface area contributed by atoms with E-state index in [2.05, 4.69) is 24.1 Å². The third-order valence-electron chi connectivity index (χ3n) is 2.90. The van der Waals surface area contributed by atoms with Crippen LogP contribution < -0.4 is 5.32 Å². The molecule has 0 aromatic carbocycles. The molecule has 0 spiro atoms. The number of nitrogens with zero attached hydrogens (tertiary/aromatic N) is 2. The third-order valence-corrected chi connectivity index (χ3v) is 3.88. The lowest BCUT2D eigenvalue weighted by atomic mass is 10.1. The van der Waals surface area contributed by atoms with Crippen LogP contribution in [0.25, 0.3) is 0 Å². The lowest BCUT2D eigenvalue weighted by molar-refractivity contribution is -0.134. The zero-order valence-corrected chi connectivity index (χ0v) is 13.6. The van der Waals surface area contributed by atoms with Gasteiger partial charge in [-0.3, -0.25) is 9.59 Å². The van der Waals surface area contributed by atoms with Crippen LogP contribution in [-0.4, -0.2) is 38.8 Å². The molecule has 1 heterocycles. The van der Waals surface area contributed by atoms with Crippen molar-refractivity contribution in [3.63, 3.8) is 0 Å². The largest absolute Gasteiger partial charge is 0.481 e. The van der Waals surface area contributed by atoms with Gasteiger partial charge < -0.3 is 15.0 Å². The zero-order valence-electron chi connectivity index (χ0n) is 12.8. The summed E-state index contributed by atoms with van der Waals surface area (Å²) >= 11 is 1.18. The maximum absolute atomic E-state index is 11.7. The highest BCUT2D eigenvalue weighted by Gasteiger charge is 2.15. The number of carboxylic acid groups (broad SMARTS) is 1. The molecule has 0 aliphatic carbocycles. The van der Waals surface area contributed by atoms with E-state index in [1.165, 1.54) is 11.8 Å². The number of hydrogen-bond donors (Lipinski definition) is 2. The summed E-state index contributed by atoms with van der Waals surface area (Å²) in [4.78, 5) is 26.7. The van der Waals surface area contributed by atoms with Gasteiger partial charge in [0.05, 0.1) is 5.75 Å². The molecule has 6 nitrogen and oxygen atoms in total. The Hall–Kier alpha value is -1.50. The summed E-state index contributed by atoms with van der Waals surface area (Å²) in [6.45, 7) is 7.31. The Morgan fingerprint density at radius 1 is 1.48 bits per heavy atom. The first kappa shape index (κ1) is 17.6. The number of aliphatic carboxylic acids is 1. The number of carboxylic acids is 1. The lowest BCUT2D eigenvalue weighted by Gasteiger charge is -2.13. The smallest absolute Gasteiger partial charge is 0.313 e. The molecule has 0 aliphatic rings. The van der Waals surface area contributed by atoms with Gasteiger partial charge >= 0.3 is 5.97 Å². The summed E-state index contributed by atoms with van der Waals surface area (Å²) in [6.07, 6.45) is 3.04. The molecule has 0 radical (unpaired) electrons. The molecule has 0 aliphatic heterocycles. The Labute approximate surface area is 129 Å². The predicted molar refractivity (Wildman–Crippen MR) is 82.6 cm³/mol. The number of amides is 1. The first-order valence-electron chi connectivity index (χ1n) is 7.12. The molecule has 1 aromatic heterocycles. The molecule has 1 rings (SSSR count). The van der Waals surface area contributed by atoms with Crippen molar-refractivity contribution in [3.8, 4) is 0 Å². The highest BCUT2D eigenvalue weighted by molar-refractivity contribution is 7.99. The number of rotatable bonds is 9.